The Bertz CT molecular complexity index is 619. The highest BCUT2D eigenvalue weighted by atomic mass is 127. The number of aliphatic hydroxyl groups is 1. The third-order valence-corrected chi connectivity index (χ3v) is 4.75. The molecule has 1 unspecified atom stereocenters. The second-order valence-corrected chi connectivity index (χ2v) is 6.68. The van der Waals surface area contributed by atoms with E-state index in [1.807, 2.05) is 24.3 Å². The van der Waals surface area contributed by atoms with Gasteiger partial charge >= 0.3 is 0 Å². The van der Waals surface area contributed by atoms with Gasteiger partial charge in [0.15, 0.2) is 5.96 Å². The molecule has 1 aliphatic heterocycles. The number of methoxy groups -OCH3 is 1. The minimum Gasteiger partial charge on any atom is -0.497 e. The zero-order valence-electron chi connectivity index (χ0n) is 16.5. The van der Waals surface area contributed by atoms with Gasteiger partial charge in [0.25, 0.3) is 0 Å². The Hall–Kier alpha value is -1.59. The maximum atomic E-state index is 12.1. The smallest absolute Gasteiger partial charge is 0.239 e. The first-order valence-electron chi connectivity index (χ1n) is 9.13. The summed E-state index contributed by atoms with van der Waals surface area (Å²) >= 11 is 0. The summed E-state index contributed by atoms with van der Waals surface area (Å²) in [5, 5.41) is 18.4. The summed E-state index contributed by atoms with van der Waals surface area (Å²) in [4.78, 5) is 16.2. The fourth-order valence-electron chi connectivity index (χ4n) is 2.97. The van der Waals surface area contributed by atoms with Gasteiger partial charge in [-0.05, 0) is 30.5 Å². The summed E-state index contributed by atoms with van der Waals surface area (Å²) < 4.78 is 10.6. The normalized spacial score (nSPS) is 18.9. The molecule has 1 aromatic rings. The van der Waals surface area contributed by atoms with E-state index in [4.69, 9.17) is 9.47 Å². The Kier molecular flexibility index (Phi) is 11.2. The van der Waals surface area contributed by atoms with Gasteiger partial charge in [-0.1, -0.05) is 12.1 Å². The van der Waals surface area contributed by atoms with Gasteiger partial charge in [0.1, 0.15) is 5.75 Å². The molecule has 158 valence electrons. The molecule has 1 saturated heterocycles. The van der Waals surface area contributed by atoms with Crippen LogP contribution < -0.4 is 20.7 Å². The molecule has 2 rings (SSSR count). The maximum absolute atomic E-state index is 12.1. The number of ether oxygens (including phenoxy) is 2. The SMILES string of the molecule is CN=C(NCC(=O)NCc1ccc(OC)cc1)NCC1(CCO)CCOC1.I. The van der Waals surface area contributed by atoms with Crippen molar-refractivity contribution in [3.63, 3.8) is 0 Å². The molecule has 0 saturated carbocycles. The van der Waals surface area contributed by atoms with Gasteiger partial charge in [0, 0.05) is 38.8 Å². The van der Waals surface area contributed by atoms with Crippen LogP contribution in [-0.2, 0) is 16.1 Å². The first kappa shape index (κ1) is 24.4. The van der Waals surface area contributed by atoms with Gasteiger partial charge in [0.05, 0.1) is 20.3 Å². The molecule has 0 aromatic heterocycles. The van der Waals surface area contributed by atoms with Gasteiger partial charge < -0.3 is 30.5 Å². The van der Waals surface area contributed by atoms with Gasteiger partial charge in [-0.3, -0.25) is 9.79 Å². The highest BCUT2D eigenvalue weighted by molar-refractivity contribution is 14.0. The Balaban J connectivity index is 0.00000392. The number of halogens is 1. The molecular formula is C19H31IN4O4. The topological polar surface area (TPSA) is 104 Å². The summed E-state index contributed by atoms with van der Waals surface area (Å²) in [5.74, 6) is 1.22. The van der Waals surface area contributed by atoms with E-state index in [1.165, 1.54) is 0 Å². The van der Waals surface area contributed by atoms with Crippen LogP contribution in [0.1, 0.15) is 18.4 Å². The van der Waals surface area contributed by atoms with E-state index in [9.17, 15) is 9.90 Å². The van der Waals surface area contributed by atoms with Crippen LogP contribution in [0.15, 0.2) is 29.3 Å². The van der Waals surface area contributed by atoms with E-state index in [0.717, 1.165) is 17.7 Å². The van der Waals surface area contributed by atoms with Crippen molar-refractivity contribution < 1.29 is 19.4 Å². The van der Waals surface area contributed by atoms with Gasteiger partial charge in [-0.15, -0.1) is 24.0 Å². The number of aliphatic hydroxyl groups excluding tert-OH is 1. The molecule has 1 amide bonds. The van der Waals surface area contributed by atoms with Crippen LogP contribution in [0.2, 0.25) is 0 Å². The number of carbonyl (C=O) groups excluding carboxylic acids is 1. The number of amides is 1. The molecule has 4 N–H and O–H groups in total. The lowest BCUT2D eigenvalue weighted by atomic mass is 9.84. The molecule has 1 atom stereocenters. The number of benzene rings is 1. The number of hydrogen-bond donors (Lipinski definition) is 4. The number of carbonyl (C=O) groups is 1. The van der Waals surface area contributed by atoms with Crippen molar-refractivity contribution in [1.82, 2.24) is 16.0 Å². The molecule has 1 aliphatic rings. The second kappa shape index (κ2) is 12.8. The van der Waals surface area contributed by atoms with Crippen molar-refractivity contribution in [3.8, 4) is 5.75 Å². The predicted octanol–water partition coefficient (Wildman–Crippen LogP) is 0.883. The summed E-state index contributed by atoms with van der Waals surface area (Å²) in [5.41, 5.74) is 0.919. The third-order valence-electron chi connectivity index (χ3n) is 4.75. The van der Waals surface area contributed by atoms with E-state index in [2.05, 4.69) is 20.9 Å². The van der Waals surface area contributed by atoms with E-state index >= 15 is 0 Å². The lowest BCUT2D eigenvalue weighted by Gasteiger charge is -2.27. The highest BCUT2D eigenvalue weighted by Crippen LogP contribution is 2.31. The Morgan fingerprint density at radius 2 is 2.04 bits per heavy atom. The van der Waals surface area contributed by atoms with E-state index < -0.39 is 0 Å². The fourth-order valence-corrected chi connectivity index (χ4v) is 2.97. The Morgan fingerprint density at radius 1 is 1.29 bits per heavy atom. The standard InChI is InChI=1S/C19H30N4O4.HI/c1-20-18(23-13-19(7-9-24)8-10-27-14-19)22-12-17(25)21-11-15-3-5-16(26-2)6-4-15;/h3-6,24H,7-14H2,1-2H3,(H,21,25)(H2,20,22,23);1H. The fraction of sp³-hybridized carbons (Fsp3) is 0.579. The molecule has 1 heterocycles. The zero-order valence-corrected chi connectivity index (χ0v) is 18.8. The van der Waals surface area contributed by atoms with Gasteiger partial charge in [0.2, 0.25) is 5.91 Å². The second-order valence-electron chi connectivity index (χ2n) is 6.68. The average Bonchev–Trinajstić information content (AvgIpc) is 3.16. The summed E-state index contributed by atoms with van der Waals surface area (Å²) in [7, 11) is 3.28. The Morgan fingerprint density at radius 3 is 2.61 bits per heavy atom. The lowest BCUT2D eigenvalue weighted by molar-refractivity contribution is -0.120. The quantitative estimate of drug-likeness (QED) is 0.225. The molecule has 28 heavy (non-hydrogen) atoms. The lowest BCUT2D eigenvalue weighted by Crippen LogP contribution is -2.47. The van der Waals surface area contributed by atoms with E-state index in [1.54, 1.807) is 14.2 Å². The van der Waals surface area contributed by atoms with Crippen molar-refractivity contribution in [1.29, 1.82) is 0 Å². The zero-order chi connectivity index (χ0) is 19.5. The van der Waals surface area contributed by atoms with Crippen molar-refractivity contribution in [3.05, 3.63) is 29.8 Å². The van der Waals surface area contributed by atoms with E-state index in [0.29, 0.717) is 38.7 Å². The summed E-state index contributed by atoms with van der Waals surface area (Å²) in [6.07, 6.45) is 1.58. The van der Waals surface area contributed by atoms with Crippen molar-refractivity contribution in [2.75, 3.05) is 47.1 Å². The van der Waals surface area contributed by atoms with Crippen LogP contribution in [0.4, 0.5) is 0 Å². The first-order valence-corrected chi connectivity index (χ1v) is 9.13. The first-order chi connectivity index (χ1) is 13.1. The largest absolute Gasteiger partial charge is 0.497 e. The predicted molar refractivity (Wildman–Crippen MR) is 119 cm³/mol. The van der Waals surface area contributed by atoms with Crippen LogP contribution >= 0.6 is 24.0 Å². The molecule has 1 fully saturated rings. The van der Waals surface area contributed by atoms with Crippen LogP contribution in [0.5, 0.6) is 5.75 Å². The maximum Gasteiger partial charge on any atom is 0.239 e. The van der Waals surface area contributed by atoms with E-state index in [-0.39, 0.29) is 48.5 Å². The minimum absolute atomic E-state index is 0. The summed E-state index contributed by atoms with van der Waals surface area (Å²) in [6, 6.07) is 7.55. The highest BCUT2D eigenvalue weighted by Gasteiger charge is 2.34. The van der Waals surface area contributed by atoms with Gasteiger partial charge in [-0.2, -0.15) is 0 Å². The van der Waals surface area contributed by atoms with Crippen molar-refractivity contribution in [2.45, 2.75) is 19.4 Å². The average molecular weight is 506 g/mol. The monoisotopic (exact) mass is 506 g/mol. The molecule has 0 aliphatic carbocycles. The number of rotatable bonds is 9. The third kappa shape index (κ3) is 7.80. The number of guanidine groups is 1. The van der Waals surface area contributed by atoms with Crippen LogP contribution in [-0.4, -0.2) is 64.0 Å². The number of nitrogens with one attached hydrogen (secondary N) is 3. The molecule has 1 aromatic carbocycles. The van der Waals surface area contributed by atoms with Crippen LogP contribution in [0.25, 0.3) is 0 Å². The molecule has 0 radical (unpaired) electrons. The van der Waals surface area contributed by atoms with Crippen molar-refractivity contribution in [2.24, 2.45) is 10.4 Å². The number of nitrogens with zero attached hydrogens (tertiary/aromatic N) is 1. The minimum atomic E-state index is -0.122. The van der Waals surface area contributed by atoms with Crippen LogP contribution in [0, 0.1) is 5.41 Å². The Labute approximate surface area is 183 Å². The molecule has 0 spiro atoms. The molecular weight excluding hydrogens is 475 g/mol. The number of aliphatic imine (C=N–C) groups is 1. The molecule has 8 nitrogen and oxygen atoms in total. The van der Waals surface area contributed by atoms with Gasteiger partial charge in [-0.25, -0.2) is 0 Å². The molecule has 0 bridgehead atoms. The van der Waals surface area contributed by atoms with Crippen molar-refractivity contribution >= 4 is 35.8 Å². The molecule has 9 heteroatoms. The summed E-state index contributed by atoms with van der Waals surface area (Å²) in [6.45, 7) is 2.68. The number of hydrogen-bond acceptors (Lipinski definition) is 5. The van der Waals surface area contributed by atoms with Crippen LogP contribution in [0.3, 0.4) is 0 Å².